The topological polar surface area (TPSA) is 101 Å². The number of rotatable bonds is 9. The number of hydrogen-bond acceptors (Lipinski definition) is 5. The Balaban J connectivity index is 1.91. The summed E-state index contributed by atoms with van der Waals surface area (Å²) in [6, 6.07) is 11.5. The van der Waals surface area contributed by atoms with Gasteiger partial charge < -0.3 is 9.88 Å². The van der Waals surface area contributed by atoms with Crippen molar-refractivity contribution in [1.82, 2.24) is 8.87 Å². The molecule has 34 heavy (non-hydrogen) atoms. The molecular weight excluding hydrogens is 472 g/mol. The SMILES string of the molecule is CCCCN(CC)S(=O)(=O)c1ccc(C(=O)N=c2sc3cc(NC(C)=O)ccc3n2CC)cc1. The quantitative estimate of drug-likeness (QED) is 0.473. The maximum atomic E-state index is 12.9. The number of aromatic nitrogens is 1. The van der Waals surface area contributed by atoms with Gasteiger partial charge >= 0.3 is 0 Å². The Morgan fingerprint density at radius 3 is 2.38 bits per heavy atom. The molecule has 1 N–H and O–H groups in total. The normalized spacial score (nSPS) is 12.4. The number of unbranched alkanes of at least 4 members (excludes halogenated alkanes) is 1. The van der Waals surface area contributed by atoms with Crippen molar-refractivity contribution in [3.63, 3.8) is 0 Å². The van der Waals surface area contributed by atoms with Crippen LogP contribution in [0.2, 0.25) is 0 Å². The van der Waals surface area contributed by atoms with Gasteiger partial charge in [0.2, 0.25) is 15.9 Å². The Hall–Kier alpha value is -2.82. The van der Waals surface area contributed by atoms with Crippen molar-refractivity contribution >= 4 is 49.1 Å². The van der Waals surface area contributed by atoms with Gasteiger partial charge in [-0.05, 0) is 55.8 Å². The molecule has 0 fully saturated rings. The Kier molecular flexibility index (Phi) is 8.40. The van der Waals surface area contributed by atoms with Crippen LogP contribution in [0.4, 0.5) is 5.69 Å². The van der Waals surface area contributed by atoms with Gasteiger partial charge in [-0.25, -0.2) is 8.42 Å². The number of nitrogens with zero attached hydrogens (tertiary/aromatic N) is 3. The Morgan fingerprint density at radius 1 is 1.09 bits per heavy atom. The highest BCUT2D eigenvalue weighted by Gasteiger charge is 2.22. The number of nitrogens with one attached hydrogen (secondary N) is 1. The Morgan fingerprint density at radius 2 is 1.79 bits per heavy atom. The number of aryl methyl sites for hydroxylation is 1. The predicted molar refractivity (Wildman–Crippen MR) is 135 cm³/mol. The Labute approximate surface area is 204 Å². The number of fused-ring (bicyclic) bond motifs is 1. The van der Waals surface area contributed by atoms with Gasteiger partial charge in [-0.2, -0.15) is 9.30 Å². The number of carbonyl (C=O) groups excluding carboxylic acids is 2. The van der Waals surface area contributed by atoms with Crippen LogP contribution in [0.15, 0.2) is 52.4 Å². The van der Waals surface area contributed by atoms with E-state index in [9.17, 15) is 18.0 Å². The molecule has 2 amide bonds. The summed E-state index contributed by atoms with van der Waals surface area (Å²) in [5.74, 6) is -0.602. The van der Waals surface area contributed by atoms with Crippen LogP contribution in [0, 0.1) is 0 Å². The summed E-state index contributed by atoms with van der Waals surface area (Å²) in [4.78, 5) is 29.2. The van der Waals surface area contributed by atoms with Crippen LogP contribution in [0.25, 0.3) is 10.2 Å². The minimum absolute atomic E-state index is 0.155. The predicted octanol–water partition coefficient (Wildman–Crippen LogP) is 4.23. The van der Waals surface area contributed by atoms with Crippen molar-refractivity contribution in [1.29, 1.82) is 0 Å². The molecule has 3 rings (SSSR count). The molecule has 0 aliphatic carbocycles. The molecule has 1 heterocycles. The minimum atomic E-state index is -3.61. The lowest BCUT2D eigenvalue weighted by Gasteiger charge is -2.20. The fourth-order valence-corrected chi connectivity index (χ4v) is 6.22. The average molecular weight is 503 g/mol. The number of amides is 2. The fourth-order valence-electron chi connectivity index (χ4n) is 3.60. The molecule has 0 spiro atoms. The number of carbonyl (C=O) groups is 2. The van der Waals surface area contributed by atoms with E-state index >= 15 is 0 Å². The molecule has 0 radical (unpaired) electrons. The molecule has 2 aromatic carbocycles. The van der Waals surface area contributed by atoms with E-state index in [0.717, 1.165) is 23.1 Å². The molecule has 0 bridgehead atoms. The fraction of sp³-hybridized carbons (Fsp3) is 0.375. The molecular formula is C24H30N4O4S2. The molecule has 0 saturated heterocycles. The first-order valence-electron chi connectivity index (χ1n) is 11.3. The van der Waals surface area contributed by atoms with Crippen molar-refractivity contribution < 1.29 is 18.0 Å². The van der Waals surface area contributed by atoms with Gasteiger partial charge in [0.25, 0.3) is 5.91 Å². The molecule has 10 heteroatoms. The molecule has 3 aromatic rings. The largest absolute Gasteiger partial charge is 0.326 e. The number of benzene rings is 2. The first kappa shape index (κ1) is 25.8. The third-order valence-corrected chi connectivity index (χ3v) is 8.40. The standard InChI is InChI=1S/C24H30N4O4S2/c1-5-8-15-27(6-2)34(31,32)20-12-9-18(10-13-20)23(30)26-24-28(7-3)21-14-11-19(25-17(4)29)16-22(21)33-24/h9-14,16H,5-8,15H2,1-4H3,(H,25,29). The van der Waals surface area contributed by atoms with Crippen LogP contribution in [0.1, 0.15) is 50.9 Å². The summed E-state index contributed by atoms with van der Waals surface area (Å²) in [5, 5.41) is 2.76. The van der Waals surface area contributed by atoms with Gasteiger partial charge in [0.1, 0.15) is 0 Å². The van der Waals surface area contributed by atoms with Crippen LogP contribution in [-0.2, 0) is 21.4 Å². The highest BCUT2D eigenvalue weighted by atomic mass is 32.2. The second kappa shape index (κ2) is 11.1. The zero-order valence-electron chi connectivity index (χ0n) is 19.9. The van der Waals surface area contributed by atoms with Crippen LogP contribution < -0.4 is 10.1 Å². The van der Waals surface area contributed by atoms with Crippen molar-refractivity contribution in [2.24, 2.45) is 4.99 Å². The molecule has 8 nitrogen and oxygen atoms in total. The smallest absolute Gasteiger partial charge is 0.279 e. The van der Waals surface area contributed by atoms with E-state index < -0.39 is 15.9 Å². The first-order valence-corrected chi connectivity index (χ1v) is 13.6. The molecule has 0 aliphatic heterocycles. The first-order chi connectivity index (χ1) is 16.2. The summed E-state index contributed by atoms with van der Waals surface area (Å²) in [5.41, 5.74) is 1.91. The van der Waals surface area contributed by atoms with Gasteiger partial charge in [0.15, 0.2) is 4.80 Å². The van der Waals surface area contributed by atoms with E-state index in [1.807, 2.05) is 43.5 Å². The summed E-state index contributed by atoms with van der Waals surface area (Å²) >= 11 is 1.36. The maximum absolute atomic E-state index is 12.9. The van der Waals surface area contributed by atoms with Crippen molar-refractivity contribution in [2.45, 2.75) is 52.0 Å². The third kappa shape index (κ3) is 5.63. The second-order valence-electron chi connectivity index (χ2n) is 7.78. The highest BCUT2D eigenvalue weighted by Crippen LogP contribution is 2.22. The van der Waals surface area contributed by atoms with E-state index in [0.29, 0.717) is 35.7 Å². The van der Waals surface area contributed by atoms with Gasteiger partial charge in [-0.15, -0.1) is 0 Å². The van der Waals surface area contributed by atoms with Crippen molar-refractivity contribution in [3.05, 3.63) is 52.8 Å². The lowest BCUT2D eigenvalue weighted by molar-refractivity contribution is -0.114. The highest BCUT2D eigenvalue weighted by molar-refractivity contribution is 7.89. The molecule has 182 valence electrons. The van der Waals surface area contributed by atoms with Gasteiger partial charge in [0.05, 0.1) is 15.1 Å². The van der Waals surface area contributed by atoms with E-state index in [-0.39, 0.29) is 10.8 Å². The van der Waals surface area contributed by atoms with Gasteiger partial charge in [-0.3, -0.25) is 9.59 Å². The summed E-state index contributed by atoms with van der Waals surface area (Å²) in [6.45, 7) is 8.74. The Bertz CT molecular complexity index is 1360. The van der Waals surface area contributed by atoms with E-state index in [2.05, 4.69) is 10.3 Å². The van der Waals surface area contributed by atoms with E-state index in [1.54, 1.807) is 0 Å². The number of hydrogen-bond donors (Lipinski definition) is 1. The van der Waals surface area contributed by atoms with Crippen molar-refractivity contribution in [3.8, 4) is 0 Å². The zero-order valence-corrected chi connectivity index (χ0v) is 21.5. The third-order valence-electron chi connectivity index (χ3n) is 5.37. The molecule has 0 saturated carbocycles. The number of anilines is 1. The summed E-state index contributed by atoms with van der Waals surface area (Å²) < 4.78 is 30.1. The van der Waals surface area contributed by atoms with Crippen molar-refractivity contribution in [2.75, 3.05) is 18.4 Å². The second-order valence-corrected chi connectivity index (χ2v) is 10.7. The van der Waals surface area contributed by atoms with E-state index in [4.69, 9.17) is 0 Å². The monoisotopic (exact) mass is 502 g/mol. The van der Waals surface area contributed by atoms with Crippen LogP contribution >= 0.6 is 11.3 Å². The lowest BCUT2D eigenvalue weighted by Crippen LogP contribution is -2.31. The van der Waals surface area contributed by atoms with Gasteiger partial charge in [-0.1, -0.05) is 31.6 Å². The number of sulfonamides is 1. The molecule has 0 aliphatic rings. The van der Waals surface area contributed by atoms with Crippen LogP contribution in [-0.4, -0.2) is 42.2 Å². The zero-order chi connectivity index (χ0) is 24.9. The molecule has 0 atom stereocenters. The lowest BCUT2D eigenvalue weighted by atomic mass is 10.2. The molecule has 0 unspecified atom stereocenters. The average Bonchev–Trinajstić information content (AvgIpc) is 3.15. The maximum Gasteiger partial charge on any atom is 0.279 e. The van der Waals surface area contributed by atoms with E-state index in [1.165, 1.54) is 46.8 Å². The van der Waals surface area contributed by atoms with Crippen LogP contribution in [0.5, 0.6) is 0 Å². The molecule has 1 aromatic heterocycles. The minimum Gasteiger partial charge on any atom is -0.326 e. The van der Waals surface area contributed by atoms with Crippen LogP contribution in [0.3, 0.4) is 0 Å². The summed E-state index contributed by atoms with van der Waals surface area (Å²) in [6.07, 6.45) is 1.70. The summed E-state index contributed by atoms with van der Waals surface area (Å²) in [7, 11) is -3.61. The van der Waals surface area contributed by atoms with Gasteiger partial charge in [0, 0.05) is 37.8 Å². The number of thiazole rings is 1.